The summed E-state index contributed by atoms with van der Waals surface area (Å²) in [7, 11) is 0. The highest BCUT2D eigenvalue weighted by Crippen LogP contribution is 2.35. The number of aromatic nitrogens is 5. The van der Waals surface area contributed by atoms with Gasteiger partial charge in [0.05, 0.1) is 18.4 Å². The highest BCUT2D eigenvalue weighted by molar-refractivity contribution is 6.03. The van der Waals surface area contributed by atoms with E-state index in [0.29, 0.717) is 48.2 Å². The number of carbonyl (C=O) groups excluding carboxylic acids is 1. The van der Waals surface area contributed by atoms with Crippen molar-refractivity contribution in [1.29, 1.82) is 0 Å². The summed E-state index contributed by atoms with van der Waals surface area (Å²) in [5.41, 5.74) is -0.309. The van der Waals surface area contributed by atoms with Crippen LogP contribution in [-0.4, -0.2) is 37.2 Å². The van der Waals surface area contributed by atoms with E-state index in [1.54, 1.807) is 36.4 Å². The van der Waals surface area contributed by atoms with E-state index in [2.05, 4.69) is 25.5 Å². The Balaban J connectivity index is 1.17. The van der Waals surface area contributed by atoms with Crippen LogP contribution >= 0.6 is 0 Å². The first-order valence-electron chi connectivity index (χ1n) is 12.1. The molecule has 0 radical (unpaired) electrons. The highest BCUT2D eigenvalue weighted by Gasteiger charge is 2.41. The van der Waals surface area contributed by atoms with E-state index in [-0.39, 0.29) is 17.4 Å². The van der Waals surface area contributed by atoms with Gasteiger partial charge in [-0.3, -0.25) is 4.79 Å². The zero-order chi connectivity index (χ0) is 27.9. The number of rotatable bonds is 5. The molecule has 6 rings (SSSR count). The molecule has 202 valence electrons. The van der Waals surface area contributed by atoms with Gasteiger partial charge in [-0.25, -0.2) is 14.4 Å². The Morgan fingerprint density at radius 3 is 2.48 bits per heavy atom. The molecule has 0 saturated carbocycles. The lowest BCUT2D eigenvalue weighted by Gasteiger charge is -2.28. The van der Waals surface area contributed by atoms with Crippen LogP contribution in [0.5, 0.6) is 0 Å². The van der Waals surface area contributed by atoms with Gasteiger partial charge in [-0.2, -0.15) is 13.2 Å². The van der Waals surface area contributed by atoms with Crippen molar-refractivity contribution >= 4 is 17.4 Å². The molecule has 1 aliphatic rings. The Labute approximate surface area is 224 Å². The van der Waals surface area contributed by atoms with Crippen molar-refractivity contribution in [3.8, 4) is 22.8 Å². The summed E-state index contributed by atoms with van der Waals surface area (Å²) in [5.74, 6) is -0.914. The van der Waals surface area contributed by atoms with Gasteiger partial charge < -0.3 is 19.2 Å². The number of anilines is 2. The van der Waals surface area contributed by atoms with Crippen LogP contribution in [0.1, 0.15) is 22.1 Å². The van der Waals surface area contributed by atoms with Crippen LogP contribution in [0.15, 0.2) is 77.3 Å². The van der Waals surface area contributed by atoms with E-state index in [1.807, 2.05) is 9.47 Å². The van der Waals surface area contributed by atoms with Crippen LogP contribution in [0.25, 0.3) is 22.8 Å². The highest BCUT2D eigenvalue weighted by atomic mass is 19.4. The summed E-state index contributed by atoms with van der Waals surface area (Å²) >= 11 is 0. The number of alkyl halides is 3. The fourth-order valence-corrected chi connectivity index (χ4v) is 4.40. The average Bonchev–Trinajstić information content (AvgIpc) is 3.59. The first-order valence-corrected chi connectivity index (χ1v) is 12.1. The molecule has 3 aromatic heterocycles. The van der Waals surface area contributed by atoms with E-state index in [0.717, 1.165) is 0 Å². The molecule has 1 aliphatic heterocycles. The summed E-state index contributed by atoms with van der Waals surface area (Å²) in [6.45, 7) is 1.47. The number of fused-ring (bicyclic) bond motifs is 1. The Morgan fingerprint density at radius 1 is 0.950 bits per heavy atom. The van der Waals surface area contributed by atoms with Crippen molar-refractivity contribution in [2.45, 2.75) is 19.3 Å². The van der Waals surface area contributed by atoms with Gasteiger partial charge in [0.25, 0.3) is 5.91 Å². The molecular formula is C27H19F4N7O2. The lowest BCUT2D eigenvalue weighted by atomic mass is 10.2. The van der Waals surface area contributed by atoms with Gasteiger partial charge >= 0.3 is 6.18 Å². The molecule has 13 heteroatoms. The molecule has 0 bridgehead atoms. The van der Waals surface area contributed by atoms with Gasteiger partial charge in [0.2, 0.25) is 11.7 Å². The zero-order valence-corrected chi connectivity index (χ0v) is 20.6. The minimum absolute atomic E-state index is 0.174. The molecule has 5 aromatic rings. The molecule has 0 fully saturated rings. The minimum Gasteiger partial charge on any atom is -0.430 e. The second kappa shape index (κ2) is 9.91. The number of halogens is 4. The number of benzene rings is 2. The second-order valence-corrected chi connectivity index (χ2v) is 8.94. The fourth-order valence-electron chi connectivity index (χ4n) is 4.40. The normalized spacial score (nSPS) is 13.2. The first-order chi connectivity index (χ1) is 19.3. The Morgan fingerprint density at radius 2 is 1.75 bits per heavy atom. The third kappa shape index (κ3) is 4.88. The van der Waals surface area contributed by atoms with Gasteiger partial charge in [-0.15, -0.1) is 10.2 Å². The maximum Gasteiger partial charge on any atom is 0.437 e. The van der Waals surface area contributed by atoms with Gasteiger partial charge in [0.1, 0.15) is 11.6 Å². The number of nitrogens with one attached hydrogen (secondary N) is 1. The molecule has 1 N–H and O–H groups in total. The van der Waals surface area contributed by atoms with Gasteiger partial charge in [0.15, 0.2) is 17.3 Å². The second-order valence-electron chi connectivity index (χ2n) is 8.94. The molecule has 40 heavy (non-hydrogen) atoms. The van der Waals surface area contributed by atoms with Gasteiger partial charge in [-0.1, -0.05) is 30.3 Å². The fraction of sp³-hybridized carbons (Fsp3) is 0.148. The lowest BCUT2D eigenvalue weighted by Crippen LogP contribution is -2.34. The summed E-state index contributed by atoms with van der Waals surface area (Å²) in [5, 5.41) is 10.8. The van der Waals surface area contributed by atoms with Crippen molar-refractivity contribution in [2.24, 2.45) is 0 Å². The number of amides is 1. The number of oxazole rings is 1. The summed E-state index contributed by atoms with van der Waals surface area (Å²) in [4.78, 5) is 22.6. The molecule has 2 aromatic carbocycles. The molecule has 0 atom stereocenters. The molecule has 0 aliphatic carbocycles. The number of pyridine rings is 1. The van der Waals surface area contributed by atoms with E-state index < -0.39 is 23.5 Å². The number of hydrogen-bond acceptors (Lipinski definition) is 7. The van der Waals surface area contributed by atoms with Crippen LogP contribution in [0.3, 0.4) is 0 Å². The maximum atomic E-state index is 13.7. The Bertz CT molecular complexity index is 1680. The molecule has 4 heterocycles. The van der Waals surface area contributed by atoms with Crippen molar-refractivity contribution in [2.75, 3.05) is 16.8 Å². The third-order valence-corrected chi connectivity index (χ3v) is 6.29. The minimum atomic E-state index is -4.89. The lowest BCUT2D eigenvalue weighted by molar-refractivity contribution is -0.141. The van der Waals surface area contributed by atoms with E-state index in [9.17, 15) is 22.4 Å². The van der Waals surface area contributed by atoms with E-state index in [1.165, 1.54) is 36.5 Å². The SMILES string of the molecule is O=C(Nc1ccc(N2CCn3c(nnc3-c3cccc(F)c3)C2)nc1)c1oc(-c2ccccc2)nc1C(F)(F)F. The molecule has 0 saturated heterocycles. The molecule has 9 nitrogen and oxygen atoms in total. The topological polar surface area (TPSA) is 102 Å². The monoisotopic (exact) mass is 549 g/mol. The van der Waals surface area contributed by atoms with Crippen molar-refractivity contribution in [3.05, 3.63) is 96.0 Å². The predicted molar refractivity (Wildman–Crippen MR) is 136 cm³/mol. The van der Waals surface area contributed by atoms with Crippen molar-refractivity contribution < 1.29 is 26.8 Å². The zero-order valence-electron chi connectivity index (χ0n) is 20.6. The summed E-state index contributed by atoms with van der Waals surface area (Å²) in [6, 6.07) is 17.3. The molecular weight excluding hydrogens is 530 g/mol. The van der Waals surface area contributed by atoms with Crippen LogP contribution in [0.2, 0.25) is 0 Å². The summed E-state index contributed by atoms with van der Waals surface area (Å²) in [6.07, 6.45) is -3.55. The van der Waals surface area contributed by atoms with Crippen molar-refractivity contribution in [1.82, 2.24) is 24.7 Å². The first kappa shape index (κ1) is 25.2. The van der Waals surface area contributed by atoms with Gasteiger partial charge in [-0.05, 0) is 36.4 Å². The van der Waals surface area contributed by atoms with Crippen LogP contribution in [0.4, 0.5) is 29.1 Å². The van der Waals surface area contributed by atoms with Gasteiger partial charge in [0, 0.05) is 24.2 Å². The Hall–Kier alpha value is -5.07. The van der Waals surface area contributed by atoms with Crippen LogP contribution in [-0.2, 0) is 19.3 Å². The number of hydrogen-bond donors (Lipinski definition) is 1. The quantitative estimate of drug-likeness (QED) is 0.292. The molecule has 0 unspecified atom stereocenters. The largest absolute Gasteiger partial charge is 0.437 e. The Kier molecular flexibility index (Phi) is 6.25. The van der Waals surface area contributed by atoms with Crippen molar-refractivity contribution in [3.63, 3.8) is 0 Å². The third-order valence-electron chi connectivity index (χ3n) is 6.29. The predicted octanol–water partition coefficient (Wildman–Crippen LogP) is 5.43. The average molecular weight is 549 g/mol. The van der Waals surface area contributed by atoms with Crippen LogP contribution in [0, 0.1) is 5.82 Å². The molecule has 0 spiro atoms. The number of carbonyl (C=O) groups is 1. The smallest absolute Gasteiger partial charge is 0.430 e. The van der Waals surface area contributed by atoms with Crippen LogP contribution < -0.4 is 10.2 Å². The summed E-state index contributed by atoms with van der Waals surface area (Å²) < 4.78 is 61.7. The maximum absolute atomic E-state index is 13.7. The number of nitrogens with zero attached hydrogens (tertiary/aromatic N) is 6. The van der Waals surface area contributed by atoms with E-state index >= 15 is 0 Å². The van der Waals surface area contributed by atoms with E-state index in [4.69, 9.17) is 4.42 Å². The molecule has 1 amide bonds. The standard InChI is InChI=1S/C27H19F4N7O2/c28-18-8-4-7-17(13-18)24-36-35-21-15-37(11-12-38(21)24)20-10-9-19(14-32-20)33-25(39)22-23(27(29,30)31)34-26(40-22)16-5-2-1-3-6-16/h1-10,13-14H,11-12,15H2,(H,33,39).